The van der Waals surface area contributed by atoms with Crippen molar-refractivity contribution < 1.29 is 9.90 Å². The first-order valence-electron chi connectivity index (χ1n) is 5.31. The molecule has 2 rings (SSSR count). The molecule has 1 heterocycles. The van der Waals surface area contributed by atoms with Crippen LogP contribution in [0.4, 0.5) is 0 Å². The van der Waals surface area contributed by atoms with Gasteiger partial charge in [-0.3, -0.25) is 4.79 Å². The molecule has 1 aromatic carbocycles. The van der Waals surface area contributed by atoms with Crippen LogP contribution in [-0.2, 0) is 0 Å². The molecule has 1 atom stereocenters. The summed E-state index contributed by atoms with van der Waals surface area (Å²) in [5.74, 6) is 0.279. The molecule has 16 heavy (non-hydrogen) atoms. The highest BCUT2D eigenvalue weighted by Gasteiger charge is 2.25. The van der Waals surface area contributed by atoms with E-state index in [1.165, 1.54) is 0 Å². The standard InChI is InChI=1S/C12H14BrNO2/c1-8-6-9(2-3-11(8)15)12(16)14-5-4-10(13)7-14/h2-3,6,10,15H,4-5,7H2,1H3. The smallest absolute Gasteiger partial charge is 0.253 e. The lowest BCUT2D eigenvalue weighted by Crippen LogP contribution is -2.28. The quantitative estimate of drug-likeness (QED) is 0.804. The summed E-state index contributed by atoms with van der Waals surface area (Å²) in [6.07, 6.45) is 1.00. The predicted octanol–water partition coefficient (Wildman–Crippen LogP) is 2.31. The van der Waals surface area contributed by atoms with E-state index in [1.54, 1.807) is 25.1 Å². The highest BCUT2D eigenvalue weighted by atomic mass is 79.9. The molecule has 0 saturated carbocycles. The van der Waals surface area contributed by atoms with Gasteiger partial charge in [-0.05, 0) is 37.1 Å². The lowest BCUT2D eigenvalue weighted by atomic mass is 10.1. The molecule has 4 heteroatoms. The van der Waals surface area contributed by atoms with Gasteiger partial charge in [-0.15, -0.1) is 0 Å². The number of carbonyl (C=O) groups excluding carboxylic acids is 1. The number of rotatable bonds is 1. The van der Waals surface area contributed by atoms with Crippen LogP contribution in [0.25, 0.3) is 0 Å². The van der Waals surface area contributed by atoms with Gasteiger partial charge in [0, 0.05) is 23.5 Å². The second-order valence-electron chi connectivity index (χ2n) is 4.14. The van der Waals surface area contributed by atoms with Gasteiger partial charge in [-0.1, -0.05) is 15.9 Å². The van der Waals surface area contributed by atoms with Gasteiger partial charge in [0.15, 0.2) is 0 Å². The Morgan fingerprint density at radius 2 is 2.31 bits per heavy atom. The third kappa shape index (κ3) is 2.21. The Labute approximate surface area is 103 Å². The summed E-state index contributed by atoms with van der Waals surface area (Å²) >= 11 is 3.51. The van der Waals surface area contributed by atoms with E-state index in [0.717, 1.165) is 25.1 Å². The molecular formula is C12H14BrNO2. The minimum Gasteiger partial charge on any atom is -0.508 e. The molecule has 1 aromatic rings. The van der Waals surface area contributed by atoms with Crippen molar-refractivity contribution in [3.05, 3.63) is 29.3 Å². The number of halogens is 1. The molecule has 1 N–H and O–H groups in total. The van der Waals surface area contributed by atoms with Gasteiger partial charge in [0.05, 0.1) is 0 Å². The summed E-state index contributed by atoms with van der Waals surface area (Å²) in [5, 5.41) is 9.40. The number of hydrogen-bond acceptors (Lipinski definition) is 2. The molecule has 86 valence electrons. The number of benzene rings is 1. The summed E-state index contributed by atoms with van der Waals surface area (Å²) in [4.78, 5) is 14.3. The summed E-state index contributed by atoms with van der Waals surface area (Å²) in [6.45, 7) is 3.36. The number of phenolic OH excluding ortho intramolecular Hbond substituents is 1. The van der Waals surface area contributed by atoms with E-state index in [4.69, 9.17) is 0 Å². The summed E-state index contributed by atoms with van der Waals surface area (Å²) in [6, 6.07) is 4.98. The average Bonchev–Trinajstić information content (AvgIpc) is 2.68. The SMILES string of the molecule is Cc1cc(C(=O)N2CCC(Br)C2)ccc1O. The molecular weight excluding hydrogens is 270 g/mol. The van der Waals surface area contributed by atoms with E-state index in [2.05, 4.69) is 15.9 Å². The van der Waals surface area contributed by atoms with Crippen molar-refractivity contribution in [2.45, 2.75) is 18.2 Å². The fourth-order valence-corrected chi connectivity index (χ4v) is 2.43. The lowest BCUT2D eigenvalue weighted by Gasteiger charge is -2.16. The summed E-state index contributed by atoms with van der Waals surface area (Å²) < 4.78 is 0. The molecule has 3 nitrogen and oxygen atoms in total. The Bertz CT molecular complexity index is 419. The van der Waals surface area contributed by atoms with Gasteiger partial charge >= 0.3 is 0 Å². The number of amides is 1. The third-order valence-corrected chi connectivity index (χ3v) is 3.61. The van der Waals surface area contributed by atoms with Crippen LogP contribution < -0.4 is 0 Å². The Hall–Kier alpha value is -1.03. The number of carbonyl (C=O) groups is 1. The van der Waals surface area contributed by atoms with Crippen molar-refractivity contribution in [2.24, 2.45) is 0 Å². The van der Waals surface area contributed by atoms with E-state index >= 15 is 0 Å². The topological polar surface area (TPSA) is 40.5 Å². The number of aromatic hydroxyl groups is 1. The molecule has 1 aliphatic heterocycles. The maximum Gasteiger partial charge on any atom is 0.253 e. The number of likely N-dealkylation sites (tertiary alicyclic amines) is 1. The second-order valence-corrected chi connectivity index (χ2v) is 5.43. The van der Waals surface area contributed by atoms with E-state index in [9.17, 15) is 9.90 Å². The van der Waals surface area contributed by atoms with Crippen LogP contribution in [-0.4, -0.2) is 33.8 Å². The molecule has 1 aliphatic rings. The summed E-state index contributed by atoms with van der Waals surface area (Å²) in [7, 11) is 0. The van der Waals surface area contributed by atoms with Crippen LogP contribution in [0.15, 0.2) is 18.2 Å². The van der Waals surface area contributed by atoms with Crippen molar-refractivity contribution in [1.82, 2.24) is 4.90 Å². The van der Waals surface area contributed by atoms with Gasteiger partial charge < -0.3 is 10.0 Å². The lowest BCUT2D eigenvalue weighted by molar-refractivity contribution is 0.0793. The number of hydrogen-bond donors (Lipinski definition) is 1. The Kier molecular flexibility index (Phi) is 3.19. The van der Waals surface area contributed by atoms with E-state index in [1.807, 2.05) is 4.90 Å². The molecule has 0 bridgehead atoms. The molecule has 1 saturated heterocycles. The van der Waals surface area contributed by atoms with Crippen molar-refractivity contribution >= 4 is 21.8 Å². The highest BCUT2D eigenvalue weighted by Crippen LogP contribution is 2.21. The Morgan fingerprint density at radius 1 is 1.56 bits per heavy atom. The van der Waals surface area contributed by atoms with Gasteiger partial charge in [0.1, 0.15) is 5.75 Å². The minimum absolute atomic E-state index is 0.0463. The molecule has 0 radical (unpaired) electrons. The first-order valence-corrected chi connectivity index (χ1v) is 6.22. The first-order chi connectivity index (χ1) is 7.58. The van der Waals surface area contributed by atoms with Crippen molar-refractivity contribution in [1.29, 1.82) is 0 Å². The zero-order chi connectivity index (χ0) is 11.7. The summed E-state index contributed by atoms with van der Waals surface area (Å²) in [5.41, 5.74) is 1.39. The van der Waals surface area contributed by atoms with Gasteiger partial charge in [-0.2, -0.15) is 0 Å². The largest absolute Gasteiger partial charge is 0.508 e. The first kappa shape index (κ1) is 11.5. The molecule has 0 aliphatic carbocycles. The Balaban J connectivity index is 2.18. The maximum absolute atomic E-state index is 12.1. The predicted molar refractivity (Wildman–Crippen MR) is 66.1 cm³/mol. The third-order valence-electron chi connectivity index (χ3n) is 2.86. The fraction of sp³-hybridized carbons (Fsp3) is 0.417. The van der Waals surface area contributed by atoms with Crippen LogP contribution >= 0.6 is 15.9 Å². The zero-order valence-corrected chi connectivity index (χ0v) is 10.7. The molecule has 0 spiro atoms. The van der Waals surface area contributed by atoms with E-state index in [0.29, 0.717) is 10.4 Å². The molecule has 1 amide bonds. The number of nitrogens with zero attached hydrogens (tertiary/aromatic N) is 1. The van der Waals surface area contributed by atoms with Crippen molar-refractivity contribution in [3.63, 3.8) is 0 Å². The van der Waals surface area contributed by atoms with Gasteiger partial charge in [0.25, 0.3) is 5.91 Å². The van der Waals surface area contributed by atoms with Crippen LogP contribution in [0, 0.1) is 6.92 Å². The zero-order valence-electron chi connectivity index (χ0n) is 9.11. The number of phenols is 1. The maximum atomic E-state index is 12.1. The van der Waals surface area contributed by atoms with Crippen LogP contribution in [0.1, 0.15) is 22.3 Å². The van der Waals surface area contributed by atoms with Crippen LogP contribution in [0.2, 0.25) is 0 Å². The van der Waals surface area contributed by atoms with Crippen LogP contribution in [0.3, 0.4) is 0 Å². The number of alkyl halides is 1. The molecule has 1 fully saturated rings. The highest BCUT2D eigenvalue weighted by molar-refractivity contribution is 9.09. The van der Waals surface area contributed by atoms with Gasteiger partial charge in [-0.25, -0.2) is 0 Å². The van der Waals surface area contributed by atoms with Gasteiger partial charge in [0.2, 0.25) is 0 Å². The Morgan fingerprint density at radius 3 is 2.88 bits per heavy atom. The average molecular weight is 284 g/mol. The monoisotopic (exact) mass is 283 g/mol. The second kappa shape index (κ2) is 4.45. The molecule has 0 aromatic heterocycles. The van der Waals surface area contributed by atoms with Crippen molar-refractivity contribution in [2.75, 3.05) is 13.1 Å². The van der Waals surface area contributed by atoms with Crippen molar-refractivity contribution in [3.8, 4) is 5.75 Å². The van der Waals surface area contributed by atoms with Crippen LogP contribution in [0.5, 0.6) is 5.75 Å². The van der Waals surface area contributed by atoms with E-state index < -0.39 is 0 Å². The minimum atomic E-state index is 0.0463. The number of aryl methyl sites for hydroxylation is 1. The molecule has 1 unspecified atom stereocenters. The van der Waals surface area contributed by atoms with E-state index in [-0.39, 0.29) is 11.7 Å². The fourth-order valence-electron chi connectivity index (χ4n) is 1.87. The normalized spacial score (nSPS) is 20.1.